The molecule has 0 heterocycles. The van der Waals surface area contributed by atoms with Gasteiger partial charge in [-0.15, -0.1) is 0 Å². The fourth-order valence-electron chi connectivity index (χ4n) is 2.21. The summed E-state index contributed by atoms with van der Waals surface area (Å²) in [7, 11) is 0. The zero-order chi connectivity index (χ0) is 15.7. The van der Waals surface area contributed by atoms with E-state index in [9.17, 15) is 5.11 Å². The van der Waals surface area contributed by atoms with Crippen molar-refractivity contribution in [1.82, 2.24) is 0 Å². The van der Waals surface area contributed by atoms with Gasteiger partial charge in [-0.05, 0) is 34.0 Å². The van der Waals surface area contributed by atoms with Crippen LogP contribution in [0.3, 0.4) is 0 Å². The Labute approximate surface area is 124 Å². The van der Waals surface area contributed by atoms with E-state index in [-0.39, 0.29) is 10.8 Å². The topological polar surface area (TPSA) is 32.6 Å². The molecule has 1 unspecified atom stereocenters. The predicted molar refractivity (Wildman–Crippen MR) is 88.2 cm³/mol. The van der Waals surface area contributed by atoms with Crippen molar-refractivity contribution < 1.29 is 5.11 Å². The first-order chi connectivity index (χ1) is 8.93. The third kappa shape index (κ3) is 4.31. The second-order valence-electron chi connectivity index (χ2n) is 8.24. The summed E-state index contributed by atoms with van der Waals surface area (Å²) in [5, 5.41) is 10.5. The van der Waals surface area contributed by atoms with Gasteiger partial charge in [-0.1, -0.05) is 61.5 Å². The van der Waals surface area contributed by atoms with E-state index < -0.39 is 6.10 Å². The Kier molecular flexibility index (Phi) is 5.02. The number of allylic oxidation sites excluding steroid dienone is 2. The van der Waals surface area contributed by atoms with Gasteiger partial charge in [0, 0.05) is 6.54 Å². The third-order valence-electron chi connectivity index (χ3n) is 3.49. The van der Waals surface area contributed by atoms with Gasteiger partial charge in [-0.3, -0.25) is 4.99 Å². The molecule has 20 heavy (non-hydrogen) atoms. The Morgan fingerprint density at radius 3 is 2.05 bits per heavy atom. The maximum atomic E-state index is 10.5. The largest absolute Gasteiger partial charge is 0.383 e. The molecule has 0 aromatic heterocycles. The zero-order valence-electron chi connectivity index (χ0n) is 14.4. The molecule has 0 aliphatic heterocycles. The lowest BCUT2D eigenvalue weighted by atomic mass is 9.73. The molecular weight excluding hydrogens is 246 g/mol. The van der Waals surface area contributed by atoms with E-state index in [0.29, 0.717) is 5.92 Å². The summed E-state index contributed by atoms with van der Waals surface area (Å²) in [5.41, 5.74) is 3.23. The van der Waals surface area contributed by atoms with Crippen molar-refractivity contribution in [3.63, 3.8) is 0 Å². The number of rotatable bonds is 2. The van der Waals surface area contributed by atoms with Crippen molar-refractivity contribution in [2.75, 3.05) is 6.54 Å². The summed E-state index contributed by atoms with van der Waals surface area (Å²) in [6.45, 7) is 18.1. The van der Waals surface area contributed by atoms with Crippen molar-refractivity contribution in [1.29, 1.82) is 0 Å². The molecular formula is C18H31NO. The second-order valence-corrected chi connectivity index (χ2v) is 8.24. The lowest BCUT2D eigenvalue weighted by molar-refractivity contribution is 0.281. The average molecular weight is 277 g/mol. The smallest absolute Gasteiger partial charge is 0.114 e. The lowest BCUT2D eigenvalue weighted by Crippen LogP contribution is -2.32. The van der Waals surface area contributed by atoms with Crippen LogP contribution in [0.4, 0.5) is 0 Å². The molecule has 1 aliphatic rings. The van der Waals surface area contributed by atoms with Crippen LogP contribution < -0.4 is 0 Å². The number of nitrogens with zero attached hydrogens (tertiary/aromatic N) is 1. The van der Waals surface area contributed by atoms with Crippen LogP contribution in [0.25, 0.3) is 0 Å². The van der Waals surface area contributed by atoms with Gasteiger partial charge in [-0.25, -0.2) is 0 Å². The Balaban J connectivity index is 3.27. The first-order valence-corrected chi connectivity index (χ1v) is 7.60. The SMILES string of the molecule is CC(C)CN=C1C(C(C)(C)C)=CC(C(C)(C)C)=CC1O. The van der Waals surface area contributed by atoms with Crippen LogP contribution in [0.2, 0.25) is 0 Å². The Morgan fingerprint density at radius 1 is 1.10 bits per heavy atom. The molecule has 114 valence electrons. The molecule has 1 N–H and O–H groups in total. The minimum atomic E-state index is -0.581. The van der Waals surface area contributed by atoms with Crippen molar-refractivity contribution in [2.45, 2.75) is 61.5 Å². The number of hydrogen-bond donors (Lipinski definition) is 1. The number of aliphatic imine (C=N–C) groups is 1. The number of hydrogen-bond acceptors (Lipinski definition) is 2. The molecule has 1 aliphatic carbocycles. The van der Waals surface area contributed by atoms with E-state index in [4.69, 9.17) is 0 Å². The number of aliphatic hydroxyl groups is 1. The highest BCUT2D eigenvalue weighted by Gasteiger charge is 2.31. The summed E-state index contributed by atoms with van der Waals surface area (Å²) in [6.07, 6.45) is 3.60. The fourth-order valence-corrected chi connectivity index (χ4v) is 2.21. The van der Waals surface area contributed by atoms with Crippen LogP contribution in [0.1, 0.15) is 55.4 Å². The van der Waals surface area contributed by atoms with E-state index in [1.54, 1.807) is 0 Å². The monoisotopic (exact) mass is 277 g/mol. The molecule has 0 spiro atoms. The molecule has 0 saturated carbocycles. The van der Waals surface area contributed by atoms with E-state index in [2.05, 4.69) is 66.5 Å². The molecule has 0 amide bonds. The van der Waals surface area contributed by atoms with Gasteiger partial charge in [0.25, 0.3) is 0 Å². The summed E-state index contributed by atoms with van der Waals surface area (Å²) in [5.74, 6) is 0.504. The van der Waals surface area contributed by atoms with Gasteiger partial charge >= 0.3 is 0 Å². The zero-order valence-corrected chi connectivity index (χ0v) is 14.4. The van der Waals surface area contributed by atoms with Gasteiger partial charge in [0.2, 0.25) is 0 Å². The maximum Gasteiger partial charge on any atom is 0.114 e. The quantitative estimate of drug-likeness (QED) is 0.797. The molecule has 0 fully saturated rings. The summed E-state index contributed by atoms with van der Waals surface area (Å²) >= 11 is 0. The second kappa shape index (κ2) is 5.85. The van der Waals surface area contributed by atoms with Crippen molar-refractivity contribution in [3.8, 4) is 0 Å². The molecule has 2 nitrogen and oxygen atoms in total. The molecule has 0 bridgehead atoms. The lowest BCUT2D eigenvalue weighted by Gasteiger charge is -2.33. The number of aliphatic hydroxyl groups excluding tert-OH is 1. The maximum absolute atomic E-state index is 10.5. The third-order valence-corrected chi connectivity index (χ3v) is 3.49. The van der Waals surface area contributed by atoms with Gasteiger partial charge in [0.05, 0.1) is 5.71 Å². The van der Waals surface area contributed by atoms with Crippen LogP contribution in [0.5, 0.6) is 0 Å². The van der Waals surface area contributed by atoms with Crippen molar-refractivity contribution >= 4 is 5.71 Å². The first-order valence-electron chi connectivity index (χ1n) is 7.60. The van der Waals surface area contributed by atoms with Crippen LogP contribution in [-0.2, 0) is 0 Å². The standard InChI is InChI=1S/C18H31NO/c1-12(2)11-19-16-14(18(6,7)8)9-13(10-15(16)20)17(3,4)5/h9-10,12,15,20H,11H2,1-8H3. The van der Waals surface area contributed by atoms with E-state index in [1.807, 2.05) is 6.08 Å². The van der Waals surface area contributed by atoms with Crippen molar-refractivity contribution in [2.24, 2.45) is 21.7 Å². The van der Waals surface area contributed by atoms with Gasteiger partial charge in [0.15, 0.2) is 0 Å². The summed E-state index contributed by atoms with van der Waals surface area (Å²) < 4.78 is 0. The van der Waals surface area contributed by atoms with Crippen LogP contribution in [-0.4, -0.2) is 23.5 Å². The van der Waals surface area contributed by atoms with E-state index in [0.717, 1.165) is 17.8 Å². The van der Waals surface area contributed by atoms with Crippen molar-refractivity contribution in [3.05, 3.63) is 23.3 Å². The average Bonchev–Trinajstić information content (AvgIpc) is 2.23. The Bertz CT molecular complexity index is 439. The highest BCUT2D eigenvalue weighted by molar-refractivity contribution is 6.07. The minimum absolute atomic E-state index is 0.0123. The normalized spacial score (nSPS) is 23.1. The Morgan fingerprint density at radius 2 is 1.65 bits per heavy atom. The Hall–Kier alpha value is -0.890. The molecule has 0 aromatic carbocycles. The summed E-state index contributed by atoms with van der Waals surface area (Å²) in [6, 6.07) is 0. The highest BCUT2D eigenvalue weighted by atomic mass is 16.3. The molecule has 0 radical (unpaired) electrons. The first kappa shape index (κ1) is 17.2. The summed E-state index contributed by atoms with van der Waals surface area (Å²) in [4.78, 5) is 4.68. The van der Waals surface area contributed by atoms with Crippen LogP contribution in [0, 0.1) is 16.7 Å². The van der Waals surface area contributed by atoms with Crippen LogP contribution >= 0.6 is 0 Å². The minimum Gasteiger partial charge on any atom is -0.383 e. The van der Waals surface area contributed by atoms with Gasteiger partial charge in [0.1, 0.15) is 6.10 Å². The molecule has 1 rings (SSSR count). The van der Waals surface area contributed by atoms with Gasteiger partial charge < -0.3 is 5.11 Å². The highest BCUT2D eigenvalue weighted by Crippen LogP contribution is 2.37. The molecule has 2 heteroatoms. The molecule has 0 saturated heterocycles. The fraction of sp³-hybridized carbons (Fsp3) is 0.722. The van der Waals surface area contributed by atoms with Crippen LogP contribution in [0.15, 0.2) is 28.3 Å². The molecule has 1 atom stereocenters. The van der Waals surface area contributed by atoms with Gasteiger partial charge in [-0.2, -0.15) is 0 Å². The van der Waals surface area contributed by atoms with E-state index in [1.165, 1.54) is 5.57 Å². The van der Waals surface area contributed by atoms with E-state index >= 15 is 0 Å². The predicted octanol–water partition coefficient (Wildman–Crippen LogP) is 4.40. The molecule has 0 aromatic rings.